The highest BCUT2D eigenvalue weighted by Crippen LogP contribution is 2.34. The van der Waals surface area contributed by atoms with Gasteiger partial charge in [0.15, 0.2) is 12.4 Å². The molecule has 0 bridgehead atoms. The molecule has 0 aliphatic rings. The number of carboxylic acid groups (broad SMARTS) is 1. The van der Waals surface area contributed by atoms with Crippen LogP contribution in [-0.2, 0) is 11.3 Å². The monoisotopic (exact) mass is 459 g/mol. The van der Waals surface area contributed by atoms with E-state index in [1.54, 1.807) is 30.3 Å². The summed E-state index contributed by atoms with van der Waals surface area (Å²) >= 11 is 0. The van der Waals surface area contributed by atoms with Crippen molar-refractivity contribution in [2.75, 3.05) is 25.6 Å². The van der Waals surface area contributed by atoms with Crippen LogP contribution < -0.4 is 9.64 Å². The van der Waals surface area contributed by atoms with Crippen molar-refractivity contribution in [1.82, 2.24) is 9.55 Å². The van der Waals surface area contributed by atoms with Crippen LogP contribution in [0.5, 0.6) is 11.5 Å². The minimum Gasteiger partial charge on any atom is -0.508 e. The number of hydrogen-bond donors (Lipinski definition) is 2. The van der Waals surface area contributed by atoms with Crippen molar-refractivity contribution in [3.8, 4) is 11.5 Å². The smallest absolute Gasteiger partial charge is 0.341 e. The molecule has 8 nitrogen and oxygen atoms in total. The molecule has 0 saturated heterocycles. The van der Waals surface area contributed by atoms with E-state index < -0.39 is 12.6 Å². The van der Waals surface area contributed by atoms with Gasteiger partial charge >= 0.3 is 5.97 Å². The minimum atomic E-state index is -1.05. The van der Waals surface area contributed by atoms with Crippen LogP contribution in [0.1, 0.15) is 27.2 Å². The predicted molar refractivity (Wildman–Crippen MR) is 129 cm³/mol. The van der Waals surface area contributed by atoms with Crippen LogP contribution in [0.3, 0.4) is 0 Å². The molecular weight excluding hydrogens is 434 g/mol. The van der Waals surface area contributed by atoms with Gasteiger partial charge < -0.3 is 24.4 Å². The number of aromatic hydroxyl groups is 1. The molecule has 4 rings (SSSR count). The zero-order valence-corrected chi connectivity index (χ0v) is 19.1. The van der Waals surface area contributed by atoms with Gasteiger partial charge in [-0.1, -0.05) is 12.1 Å². The molecule has 0 aliphatic carbocycles. The van der Waals surface area contributed by atoms with E-state index >= 15 is 0 Å². The molecule has 0 spiro atoms. The molecule has 0 saturated carbocycles. The van der Waals surface area contributed by atoms with Crippen molar-refractivity contribution in [3.05, 3.63) is 83.0 Å². The van der Waals surface area contributed by atoms with Crippen molar-refractivity contribution >= 4 is 28.6 Å². The summed E-state index contributed by atoms with van der Waals surface area (Å²) in [6.45, 7) is 1.87. The fourth-order valence-electron chi connectivity index (χ4n) is 3.96. The van der Waals surface area contributed by atoms with Crippen molar-refractivity contribution in [2.24, 2.45) is 0 Å². The number of phenolic OH excluding ortho intramolecular Hbond substituents is 1. The Balaban J connectivity index is 1.85. The Bertz CT molecular complexity index is 1370. The van der Waals surface area contributed by atoms with Crippen molar-refractivity contribution in [3.63, 3.8) is 0 Å². The second-order valence-corrected chi connectivity index (χ2v) is 8.21. The average molecular weight is 460 g/mol. The fourth-order valence-corrected chi connectivity index (χ4v) is 3.96. The van der Waals surface area contributed by atoms with Crippen molar-refractivity contribution < 1.29 is 24.5 Å². The molecule has 0 amide bonds. The lowest BCUT2D eigenvalue weighted by atomic mass is 10.0. The van der Waals surface area contributed by atoms with Gasteiger partial charge in [-0.3, -0.25) is 4.79 Å². The van der Waals surface area contributed by atoms with E-state index in [0.29, 0.717) is 34.9 Å². The van der Waals surface area contributed by atoms with Gasteiger partial charge in [-0.15, -0.1) is 0 Å². The Hall–Kier alpha value is -4.33. The van der Waals surface area contributed by atoms with E-state index in [1.807, 2.05) is 48.7 Å². The number of anilines is 1. The average Bonchev–Trinajstić information content (AvgIpc) is 3.11. The van der Waals surface area contributed by atoms with E-state index in [-0.39, 0.29) is 11.5 Å². The fraction of sp³-hybridized carbons (Fsp3) is 0.192. The van der Waals surface area contributed by atoms with Crippen LogP contribution in [0.4, 0.5) is 5.82 Å². The summed E-state index contributed by atoms with van der Waals surface area (Å²) in [5, 5.41) is 19.3. The molecule has 2 aromatic heterocycles. The molecule has 2 aromatic carbocycles. The summed E-state index contributed by atoms with van der Waals surface area (Å²) in [7, 11) is 3.75. The normalized spacial score (nSPS) is 10.9. The number of aliphatic carboxylic acids is 1. The number of ketones is 1. The number of carboxylic acids is 1. The van der Waals surface area contributed by atoms with Gasteiger partial charge in [-0.25, -0.2) is 9.78 Å². The van der Waals surface area contributed by atoms with Gasteiger partial charge in [0.2, 0.25) is 0 Å². The maximum Gasteiger partial charge on any atom is 0.341 e. The standard InChI is InChI=1S/C26H25N3O5/c1-16-7-12-21-23(24(33)18-8-10-19(30)11-9-18)26(28(2)3)29(25(21)27-16)14-17-5-4-6-20(13-17)34-15-22(31)32/h4-13,30H,14-15H2,1-3H3,(H,31,32). The number of aryl methyl sites for hydroxylation is 1. The summed E-state index contributed by atoms with van der Waals surface area (Å²) in [6, 6.07) is 17.2. The lowest BCUT2D eigenvalue weighted by molar-refractivity contribution is -0.139. The number of fused-ring (bicyclic) bond motifs is 1. The number of ether oxygens (including phenoxy) is 1. The number of nitrogens with zero attached hydrogens (tertiary/aromatic N) is 3. The Morgan fingerprint density at radius 2 is 1.79 bits per heavy atom. The molecule has 0 radical (unpaired) electrons. The predicted octanol–water partition coefficient (Wildman–Crippen LogP) is 3.86. The maximum absolute atomic E-state index is 13.6. The van der Waals surface area contributed by atoms with Crippen LogP contribution in [0.15, 0.2) is 60.7 Å². The first-order valence-corrected chi connectivity index (χ1v) is 10.7. The molecule has 0 aliphatic heterocycles. The summed E-state index contributed by atoms with van der Waals surface area (Å²) in [5.41, 5.74) is 3.34. The molecule has 4 aromatic rings. The molecule has 0 fully saturated rings. The summed E-state index contributed by atoms with van der Waals surface area (Å²) in [5.74, 6) is 0.0230. The Morgan fingerprint density at radius 3 is 2.47 bits per heavy atom. The van der Waals surface area contributed by atoms with E-state index in [1.165, 1.54) is 12.1 Å². The third kappa shape index (κ3) is 4.56. The minimum absolute atomic E-state index is 0.0918. The molecular formula is C26H25N3O5. The first kappa shape index (κ1) is 22.8. The Kier molecular flexibility index (Phi) is 6.23. The first-order valence-electron chi connectivity index (χ1n) is 10.7. The van der Waals surface area contributed by atoms with Crippen LogP contribution in [0.25, 0.3) is 11.0 Å². The number of rotatable bonds is 8. The summed E-state index contributed by atoms with van der Waals surface area (Å²) < 4.78 is 7.31. The SMILES string of the molecule is Cc1ccc2c(C(=O)c3ccc(O)cc3)c(N(C)C)n(Cc3cccc(OCC(=O)O)c3)c2n1. The third-order valence-electron chi connectivity index (χ3n) is 5.40. The van der Waals surface area contributed by atoms with Crippen LogP contribution >= 0.6 is 0 Å². The van der Waals surface area contributed by atoms with Crippen molar-refractivity contribution in [2.45, 2.75) is 13.5 Å². The summed E-state index contributed by atoms with van der Waals surface area (Å²) in [4.78, 5) is 31.1. The molecule has 2 N–H and O–H groups in total. The number of phenols is 1. The number of carbonyl (C=O) groups is 2. The molecule has 2 heterocycles. The quantitative estimate of drug-likeness (QED) is 0.386. The van der Waals surface area contributed by atoms with Crippen LogP contribution in [-0.4, -0.2) is 52.2 Å². The van der Waals surface area contributed by atoms with Gasteiger partial charge in [0.25, 0.3) is 0 Å². The zero-order chi connectivity index (χ0) is 24.4. The Morgan fingerprint density at radius 1 is 1.06 bits per heavy atom. The second-order valence-electron chi connectivity index (χ2n) is 8.21. The number of pyridine rings is 1. The van der Waals surface area contributed by atoms with Gasteiger partial charge in [-0.2, -0.15) is 0 Å². The summed E-state index contributed by atoms with van der Waals surface area (Å²) in [6.07, 6.45) is 0. The van der Waals surface area contributed by atoms with Gasteiger partial charge in [0.05, 0.1) is 12.1 Å². The topological polar surface area (TPSA) is 105 Å². The second kappa shape index (κ2) is 9.27. The van der Waals surface area contributed by atoms with E-state index in [0.717, 1.165) is 16.6 Å². The van der Waals surface area contributed by atoms with Crippen LogP contribution in [0, 0.1) is 6.92 Å². The lowest BCUT2D eigenvalue weighted by Crippen LogP contribution is -2.18. The van der Waals surface area contributed by atoms with Gasteiger partial charge in [-0.05, 0) is 61.0 Å². The lowest BCUT2D eigenvalue weighted by Gasteiger charge is -2.19. The first-order chi connectivity index (χ1) is 16.2. The molecule has 34 heavy (non-hydrogen) atoms. The highest BCUT2D eigenvalue weighted by molar-refractivity contribution is 6.20. The van der Waals surface area contributed by atoms with Crippen molar-refractivity contribution in [1.29, 1.82) is 0 Å². The third-order valence-corrected chi connectivity index (χ3v) is 5.40. The number of carbonyl (C=O) groups excluding carboxylic acids is 1. The highest BCUT2D eigenvalue weighted by Gasteiger charge is 2.26. The van der Waals surface area contributed by atoms with E-state index in [4.69, 9.17) is 14.8 Å². The highest BCUT2D eigenvalue weighted by atomic mass is 16.5. The molecule has 0 unspecified atom stereocenters. The molecule has 174 valence electrons. The zero-order valence-electron chi connectivity index (χ0n) is 19.1. The van der Waals surface area contributed by atoms with E-state index in [9.17, 15) is 14.7 Å². The number of aromatic nitrogens is 2. The molecule has 8 heteroatoms. The van der Waals surface area contributed by atoms with Crippen LogP contribution in [0.2, 0.25) is 0 Å². The van der Waals surface area contributed by atoms with E-state index in [2.05, 4.69) is 0 Å². The van der Waals surface area contributed by atoms with Gasteiger partial charge in [0.1, 0.15) is 23.0 Å². The maximum atomic E-state index is 13.6. The number of benzene rings is 2. The van der Waals surface area contributed by atoms with Gasteiger partial charge in [0, 0.05) is 30.7 Å². The molecule has 0 atom stereocenters. The largest absolute Gasteiger partial charge is 0.508 e. The Labute approximate surface area is 196 Å². The number of hydrogen-bond acceptors (Lipinski definition) is 6.